The van der Waals surface area contributed by atoms with Gasteiger partial charge in [0.15, 0.2) is 0 Å². The smallest absolute Gasteiger partial charge is 0.321 e. The van der Waals surface area contributed by atoms with Crippen molar-refractivity contribution in [2.75, 3.05) is 26.2 Å². The number of piperazine rings is 1. The van der Waals surface area contributed by atoms with Crippen LogP contribution < -0.4 is 10.6 Å². The van der Waals surface area contributed by atoms with E-state index in [0.29, 0.717) is 0 Å². The van der Waals surface area contributed by atoms with Crippen LogP contribution in [0.1, 0.15) is 11.1 Å². The SMILES string of the molecule is Cc1ccccc1/C=C/NC(=O)N1CCNCC1. The van der Waals surface area contributed by atoms with Crippen LogP contribution in [0.2, 0.25) is 0 Å². The average Bonchev–Trinajstić information content (AvgIpc) is 2.42. The molecule has 0 unspecified atom stereocenters. The monoisotopic (exact) mass is 245 g/mol. The van der Waals surface area contributed by atoms with E-state index in [1.807, 2.05) is 29.2 Å². The molecule has 1 heterocycles. The zero-order valence-corrected chi connectivity index (χ0v) is 10.6. The molecule has 0 aromatic heterocycles. The fraction of sp³-hybridized carbons (Fsp3) is 0.357. The molecule has 4 heteroatoms. The van der Waals surface area contributed by atoms with Gasteiger partial charge in [0.05, 0.1) is 0 Å². The van der Waals surface area contributed by atoms with Gasteiger partial charge >= 0.3 is 6.03 Å². The van der Waals surface area contributed by atoms with Crippen LogP contribution in [0.4, 0.5) is 4.79 Å². The van der Waals surface area contributed by atoms with E-state index in [9.17, 15) is 4.79 Å². The molecule has 2 amide bonds. The Bertz CT molecular complexity index is 436. The first-order valence-electron chi connectivity index (χ1n) is 6.26. The summed E-state index contributed by atoms with van der Waals surface area (Å²) in [6.07, 6.45) is 3.64. The molecule has 1 aliphatic rings. The Morgan fingerprint density at radius 3 is 2.78 bits per heavy atom. The molecule has 0 radical (unpaired) electrons. The second-order valence-electron chi connectivity index (χ2n) is 4.38. The molecule has 18 heavy (non-hydrogen) atoms. The quantitative estimate of drug-likeness (QED) is 0.831. The number of carbonyl (C=O) groups is 1. The number of nitrogens with zero attached hydrogens (tertiary/aromatic N) is 1. The molecule has 1 aliphatic heterocycles. The fourth-order valence-corrected chi connectivity index (χ4v) is 1.94. The molecular formula is C14H19N3O. The second-order valence-corrected chi connectivity index (χ2v) is 4.38. The average molecular weight is 245 g/mol. The lowest BCUT2D eigenvalue weighted by molar-refractivity contribution is 0.194. The minimum atomic E-state index is -0.0265. The van der Waals surface area contributed by atoms with E-state index in [4.69, 9.17) is 0 Å². The van der Waals surface area contributed by atoms with E-state index in [-0.39, 0.29) is 6.03 Å². The standard InChI is InChI=1S/C14H19N3O/c1-12-4-2-3-5-13(12)6-7-16-14(18)17-10-8-15-9-11-17/h2-7,15H,8-11H2,1H3,(H,16,18)/b7-6+. The maximum Gasteiger partial charge on any atom is 0.321 e. The first-order chi connectivity index (χ1) is 8.77. The van der Waals surface area contributed by atoms with Crippen LogP contribution in [0.5, 0.6) is 0 Å². The molecule has 2 N–H and O–H groups in total. The van der Waals surface area contributed by atoms with Gasteiger partial charge < -0.3 is 15.5 Å². The number of benzene rings is 1. The molecule has 0 spiro atoms. The number of carbonyl (C=O) groups excluding carboxylic acids is 1. The summed E-state index contributed by atoms with van der Waals surface area (Å²) < 4.78 is 0. The molecule has 96 valence electrons. The zero-order valence-electron chi connectivity index (χ0n) is 10.6. The van der Waals surface area contributed by atoms with Crippen molar-refractivity contribution in [3.8, 4) is 0 Å². The molecular weight excluding hydrogens is 226 g/mol. The number of hydrogen-bond donors (Lipinski definition) is 2. The molecule has 0 saturated carbocycles. The van der Waals surface area contributed by atoms with Gasteiger partial charge in [0, 0.05) is 32.4 Å². The van der Waals surface area contributed by atoms with Gasteiger partial charge in [0.2, 0.25) is 0 Å². The van der Waals surface area contributed by atoms with Crippen molar-refractivity contribution in [3.05, 3.63) is 41.6 Å². The summed E-state index contributed by atoms with van der Waals surface area (Å²) in [5.41, 5.74) is 2.32. The number of amides is 2. The van der Waals surface area contributed by atoms with Crippen LogP contribution in [-0.2, 0) is 0 Å². The van der Waals surface area contributed by atoms with E-state index >= 15 is 0 Å². The largest absolute Gasteiger partial charge is 0.322 e. The third kappa shape index (κ3) is 3.34. The van der Waals surface area contributed by atoms with Crippen LogP contribution in [0, 0.1) is 6.92 Å². The summed E-state index contributed by atoms with van der Waals surface area (Å²) >= 11 is 0. The predicted octanol–water partition coefficient (Wildman–Crippen LogP) is 1.58. The lowest BCUT2D eigenvalue weighted by Crippen LogP contribution is -2.49. The van der Waals surface area contributed by atoms with Crippen molar-refractivity contribution >= 4 is 12.1 Å². The highest BCUT2D eigenvalue weighted by molar-refractivity contribution is 5.76. The highest BCUT2D eigenvalue weighted by Gasteiger charge is 2.14. The van der Waals surface area contributed by atoms with E-state index < -0.39 is 0 Å². The van der Waals surface area contributed by atoms with Gasteiger partial charge in [-0.05, 0) is 24.1 Å². The summed E-state index contributed by atoms with van der Waals surface area (Å²) in [6.45, 7) is 5.33. The summed E-state index contributed by atoms with van der Waals surface area (Å²) in [7, 11) is 0. The van der Waals surface area contributed by atoms with Gasteiger partial charge in [0.25, 0.3) is 0 Å². The minimum Gasteiger partial charge on any atom is -0.322 e. The number of nitrogens with one attached hydrogen (secondary N) is 2. The maximum absolute atomic E-state index is 11.8. The molecule has 4 nitrogen and oxygen atoms in total. The van der Waals surface area contributed by atoms with Gasteiger partial charge in [-0.25, -0.2) is 4.79 Å². The molecule has 1 saturated heterocycles. The Balaban J connectivity index is 1.87. The predicted molar refractivity (Wildman–Crippen MR) is 73.2 cm³/mol. The van der Waals surface area contributed by atoms with Crippen LogP contribution >= 0.6 is 0 Å². The Morgan fingerprint density at radius 1 is 1.33 bits per heavy atom. The Kier molecular flexibility index (Phi) is 4.36. The van der Waals surface area contributed by atoms with Crippen molar-refractivity contribution in [1.82, 2.24) is 15.5 Å². The van der Waals surface area contributed by atoms with Crippen LogP contribution in [-0.4, -0.2) is 37.1 Å². The lowest BCUT2D eigenvalue weighted by atomic mass is 10.1. The minimum absolute atomic E-state index is 0.0265. The first-order valence-corrected chi connectivity index (χ1v) is 6.26. The molecule has 0 atom stereocenters. The van der Waals surface area contributed by atoms with Gasteiger partial charge in [0.1, 0.15) is 0 Å². The van der Waals surface area contributed by atoms with Gasteiger partial charge in [-0.15, -0.1) is 0 Å². The second kappa shape index (κ2) is 6.21. The third-order valence-electron chi connectivity index (χ3n) is 3.06. The van der Waals surface area contributed by atoms with E-state index in [1.54, 1.807) is 6.20 Å². The Hall–Kier alpha value is -1.81. The van der Waals surface area contributed by atoms with E-state index in [2.05, 4.69) is 23.6 Å². The number of hydrogen-bond acceptors (Lipinski definition) is 2. The highest BCUT2D eigenvalue weighted by atomic mass is 16.2. The van der Waals surface area contributed by atoms with Crippen molar-refractivity contribution in [1.29, 1.82) is 0 Å². The summed E-state index contributed by atoms with van der Waals surface area (Å²) in [5, 5.41) is 6.03. The summed E-state index contributed by atoms with van der Waals surface area (Å²) in [5.74, 6) is 0. The molecule has 2 rings (SSSR count). The van der Waals surface area contributed by atoms with Crippen molar-refractivity contribution in [2.45, 2.75) is 6.92 Å². The first kappa shape index (κ1) is 12.6. The van der Waals surface area contributed by atoms with Crippen LogP contribution in [0.3, 0.4) is 0 Å². The summed E-state index contributed by atoms with van der Waals surface area (Å²) in [6, 6.07) is 8.05. The number of rotatable bonds is 2. The highest BCUT2D eigenvalue weighted by Crippen LogP contribution is 2.08. The van der Waals surface area contributed by atoms with Gasteiger partial charge in [-0.3, -0.25) is 0 Å². The molecule has 0 bridgehead atoms. The summed E-state index contributed by atoms with van der Waals surface area (Å²) in [4.78, 5) is 13.6. The molecule has 1 fully saturated rings. The fourth-order valence-electron chi connectivity index (χ4n) is 1.94. The lowest BCUT2D eigenvalue weighted by Gasteiger charge is -2.26. The molecule has 1 aromatic rings. The molecule has 0 aliphatic carbocycles. The van der Waals surface area contributed by atoms with Gasteiger partial charge in [-0.2, -0.15) is 0 Å². The van der Waals surface area contributed by atoms with E-state index in [1.165, 1.54) is 5.56 Å². The van der Waals surface area contributed by atoms with Crippen molar-refractivity contribution in [2.24, 2.45) is 0 Å². The van der Waals surface area contributed by atoms with Crippen LogP contribution in [0.25, 0.3) is 6.08 Å². The van der Waals surface area contributed by atoms with E-state index in [0.717, 1.165) is 31.7 Å². The third-order valence-corrected chi connectivity index (χ3v) is 3.06. The maximum atomic E-state index is 11.8. The topological polar surface area (TPSA) is 44.4 Å². The number of aryl methyl sites for hydroxylation is 1. The normalized spacial score (nSPS) is 15.9. The Labute approximate surface area is 108 Å². The number of urea groups is 1. The molecule has 1 aromatic carbocycles. The van der Waals surface area contributed by atoms with Crippen molar-refractivity contribution in [3.63, 3.8) is 0 Å². The Morgan fingerprint density at radius 2 is 2.06 bits per heavy atom. The zero-order chi connectivity index (χ0) is 12.8. The van der Waals surface area contributed by atoms with Crippen molar-refractivity contribution < 1.29 is 4.79 Å². The van der Waals surface area contributed by atoms with Gasteiger partial charge in [-0.1, -0.05) is 24.3 Å². The van der Waals surface area contributed by atoms with Crippen LogP contribution in [0.15, 0.2) is 30.5 Å².